The molecule has 10 heteroatoms. The van der Waals surface area contributed by atoms with Crippen LogP contribution in [0, 0.1) is 0 Å². The van der Waals surface area contributed by atoms with Crippen molar-refractivity contribution in [2.45, 2.75) is 38.9 Å². The van der Waals surface area contributed by atoms with E-state index in [1.54, 1.807) is 13.8 Å². The van der Waals surface area contributed by atoms with Gasteiger partial charge in [0.1, 0.15) is 11.5 Å². The number of rotatable bonds is 8. The molecule has 0 heterocycles. The predicted molar refractivity (Wildman–Crippen MR) is 152 cm³/mol. The van der Waals surface area contributed by atoms with Crippen LogP contribution < -0.4 is 29.8 Å². The molecule has 40 heavy (non-hydrogen) atoms. The number of methoxy groups -OCH3 is 4. The van der Waals surface area contributed by atoms with Crippen LogP contribution in [-0.2, 0) is 12.8 Å². The Bertz CT molecular complexity index is 1770. The SMILES string of the molecule is COc1c(O)c2c(=O)cc(OC)c3c4c(OC)cc(=O)c5c(O)c(OC)c(C[C@H](C)O)c(c(c1C[C@H](C)O)c23)c54. The van der Waals surface area contributed by atoms with Gasteiger partial charge >= 0.3 is 0 Å². The number of aliphatic hydroxyl groups excluding tert-OH is 2. The summed E-state index contributed by atoms with van der Waals surface area (Å²) in [5, 5.41) is 45.8. The number of aromatic hydroxyl groups is 2. The van der Waals surface area contributed by atoms with Gasteiger partial charge in [0.15, 0.2) is 33.9 Å². The standard InChI is InChI=1S/C30H30O10/c1-11(31)7-13-19-20-14(8-12(2)32)30(40-6)28(36)22-16(34)10-18(38-4)24(26(20)22)23-17(37-3)9-15(33)21(25(19)23)27(35)29(13)39-5/h9-12,31-32,35-36H,7-8H2,1-6H3/t11-,12-/m0/s1. The molecule has 0 saturated heterocycles. The third-order valence-corrected chi connectivity index (χ3v) is 7.41. The minimum Gasteiger partial charge on any atom is -0.504 e. The van der Waals surface area contributed by atoms with Crippen LogP contribution in [0.1, 0.15) is 25.0 Å². The molecule has 5 aromatic carbocycles. The van der Waals surface area contributed by atoms with Crippen LogP contribution >= 0.6 is 0 Å². The van der Waals surface area contributed by atoms with Crippen molar-refractivity contribution in [3.05, 3.63) is 43.7 Å². The van der Waals surface area contributed by atoms with Crippen LogP contribution in [0.5, 0.6) is 34.5 Å². The van der Waals surface area contributed by atoms with E-state index in [1.807, 2.05) is 0 Å². The van der Waals surface area contributed by atoms with Gasteiger partial charge < -0.3 is 39.4 Å². The summed E-state index contributed by atoms with van der Waals surface area (Å²) in [6.45, 7) is 3.14. The number of aliphatic hydroxyl groups is 2. The summed E-state index contributed by atoms with van der Waals surface area (Å²) in [4.78, 5) is 27.0. The summed E-state index contributed by atoms with van der Waals surface area (Å²) in [7, 11) is 5.46. The fourth-order valence-corrected chi connectivity index (χ4v) is 6.07. The van der Waals surface area contributed by atoms with Gasteiger partial charge in [-0.05, 0) is 24.6 Å². The van der Waals surface area contributed by atoms with Crippen molar-refractivity contribution >= 4 is 43.1 Å². The lowest BCUT2D eigenvalue weighted by molar-refractivity contribution is 0.193. The van der Waals surface area contributed by atoms with Crippen LogP contribution in [0.3, 0.4) is 0 Å². The molecule has 0 aliphatic heterocycles. The molecule has 0 aromatic heterocycles. The molecular weight excluding hydrogens is 520 g/mol. The zero-order chi connectivity index (χ0) is 29.2. The Labute approximate surface area is 228 Å². The van der Waals surface area contributed by atoms with E-state index >= 15 is 0 Å². The van der Waals surface area contributed by atoms with Crippen molar-refractivity contribution in [1.82, 2.24) is 0 Å². The highest BCUT2D eigenvalue weighted by Crippen LogP contribution is 2.55. The minimum absolute atomic E-state index is 0.00478. The van der Waals surface area contributed by atoms with Crippen molar-refractivity contribution < 1.29 is 39.4 Å². The third-order valence-electron chi connectivity index (χ3n) is 7.41. The lowest BCUT2D eigenvalue weighted by Gasteiger charge is -2.25. The topological polar surface area (TPSA) is 152 Å². The zero-order valence-electron chi connectivity index (χ0n) is 23.0. The normalized spacial score (nSPS) is 13.4. The van der Waals surface area contributed by atoms with Crippen LogP contribution in [0.4, 0.5) is 0 Å². The Kier molecular flexibility index (Phi) is 6.63. The molecule has 0 saturated carbocycles. The van der Waals surface area contributed by atoms with Gasteiger partial charge in [0.2, 0.25) is 0 Å². The maximum absolute atomic E-state index is 13.5. The number of benzene rings is 5. The number of hydrogen-bond acceptors (Lipinski definition) is 10. The van der Waals surface area contributed by atoms with Crippen LogP contribution in [-0.4, -0.2) is 61.1 Å². The number of fused-ring (bicyclic) bond motifs is 2. The Balaban J connectivity index is 2.38. The molecule has 5 aromatic rings. The Morgan fingerprint density at radius 1 is 0.575 bits per heavy atom. The smallest absolute Gasteiger partial charge is 0.194 e. The maximum Gasteiger partial charge on any atom is 0.194 e. The first kappa shape index (κ1) is 27.3. The van der Waals surface area contributed by atoms with E-state index in [2.05, 4.69) is 0 Å². The van der Waals surface area contributed by atoms with Gasteiger partial charge in [0.25, 0.3) is 0 Å². The molecular formula is C30H30O10. The Morgan fingerprint density at radius 2 is 0.925 bits per heavy atom. The number of hydrogen-bond donors (Lipinski definition) is 4. The van der Waals surface area contributed by atoms with Crippen LogP contribution in [0.25, 0.3) is 43.1 Å². The van der Waals surface area contributed by atoms with Crippen LogP contribution in [0.15, 0.2) is 21.7 Å². The first-order valence-corrected chi connectivity index (χ1v) is 12.7. The van der Waals surface area contributed by atoms with E-state index in [0.29, 0.717) is 43.4 Å². The minimum atomic E-state index is -0.903. The van der Waals surface area contributed by atoms with E-state index in [9.17, 15) is 30.0 Å². The van der Waals surface area contributed by atoms with E-state index in [4.69, 9.17) is 18.9 Å². The summed E-state index contributed by atoms with van der Waals surface area (Å²) in [5.41, 5.74) is -0.368. The van der Waals surface area contributed by atoms with Crippen molar-refractivity contribution in [3.63, 3.8) is 0 Å². The number of ether oxygens (including phenoxy) is 4. The second-order valence-electron chi connectivity index (χ2n) is 9.98. The lowest BCUT2D eigenvalue weighted by atomic mass is 9.81. The summed E-state index contributed by atoms with van der Waals surface area (Å²) in [6.07, 6.45) is -1.82. The molecule has 0 fully saturated rings. The maximum atomic E-state index is 13.5. The van der Waals surface area contributed by atoms with E-state index in [0.717, 1.165) is 0 Å². The highest BCUT2D eigenvalue weighted by Gasteiger charge is 2.33. The van der Waals surface area contributed by atoms with Crippen molar-refractivity contribution in [3.8, 4) is 34.5 Å². The van der Waals surface area contributed by atoms with Crippen molar-refractivity contribution in [2.75, 3.05) is 28.4 Å². The van der Waals surface area contributed by atoms with E-state index in [1.165, 1.54) is 40.6 Å². The molecule has 210 valence electrons. The molecule has 0 aliphatic carbocycles. The molecule has 10 nitrogen and oxygen atoms in total. The van der Waals surface area contributed by atoms with Gasteiger partial charge in [-0.15, -0.1) is 0 Å². The average Bonchev–Trinajstić information content (AvgIpc) is 2.89. The van der Waals surface area contributed by atoms with Crippen molar-refractivity contribution in [2.24, 2.45) is 0 Å². The van der Waals surface area contributed by atoms with Crippen LogP contribution in [0.2, 0.25) is 0 Å². The van der Waals surface area contributed by atoms with Gasteiger partial charge in [-0.3, -0.25) is 9.59 Å². The molecule has 0 unspecified atom stereocenters. The summed E-state index contributed by atoms with van der Waals surface area (Å²) in [5.74, 6) is -0.548. The number of phenolic OH excluding ortho intramolecular Hbond substituents is 2. The Hall–Kier alpha value is -4.28. The van der Waals surface area contributed by atoms with Gasteiger partial charge in [-0.1, -0.05) is 0 Å². The number of phenols is 2. The first-order valence-electron chi connectivity index (χ1n) is 12.7. The summed E-state index contributed by atoms with van der Waals surface area (Å²) in [6, 6.07) is 2.47. The third kappa shape index (κ3) is 3.63. The molecule has 0 amide bonds. The van der Waals surface area contributed by atoms with E-state index in [-0.39, 0.29) is 46.6 Å². The largest absolute Gasteiger partial charge is 0.504 e. The summed E-state index contributed by atoms with van der Waals surface area (Å²) < 4.78 is 22.5. The molecule has 0 aliphatic rings. The first-order chi connectivity index (χ1) is 19.0. The second kappa shape index (κ2) is 9.72. The fourth-order valence-electron chi connectivity index (χ4n) is 6.07. The Morgan fingerprint density at radius 3 is 1.20 bits per heavy atom. The van der Waals surface area contributed by atoms with E-state index < -0.39 is 34.6 Å². The highest BCUT2D eigenvalue weighted by atomic mass is 16.5. The highest BCUT2D eigenvalue weighted by molar-refractivity contribution is 6.38. The van der Waals surface area contributed by atoms with Gasteiger partial charge in [-0.2, -0.15) is 0 Å². The van der Waals surface area contributed by atoms with Gasteiger partial charge in [0, 0.05) is 57.6 Å². The molecule has 4 N–H and O–H groups in total. The quantitative estimate of drug-likeness (QED) is 0.167. The molecule has 0 bridgehead atoms. The average molecular weight is 551 g/mol. The fraction of sp³-hybridized carbons (Fsp3) is 0.333. The monoisotopic (exact) mass is 550 g/mol. The van der Waals surface area contributed by atoms with Gasteiger partial charge in [-0.25, -0.2) is 0 Å². The molecule has 0 radical (unpaired) electrons. The lowest BCUT2D eigenvalue weighted by Crippen LogP contribution is -2.14. The van der Waals surface area contributed by atoms with Gasteiger partial charge in [0.05, 0.1) is 51.4 Å². The second-order valence-corrected chi connectivity index (χ2v) is 9.98. The predicted octanol–water partition coefficient (Wildman–Crippen LogP) is 3.19. The zero-order valence-corrected chi connectivity index (χ0v) is 23.0. The molecule has 2 atom stereocenters. The van der Waals surface area contributed by atoms with Crippen molar-refractivity contribution in [1.29, 1.82) is 0 Å². The summed E-state index contributed by atoms with van der Waals surface area (Å²) >= 11 is 0. The molecule has 5 rings (SSSR count). The molecule has 0 spiro atoms.